The van der Waals surface area contributed by atoms with Crippen molar-refractivity contribution in [2.75, 3.05) is 6.61 Å². The van der Waals surface area contributed by atoms with Crippen LogP contribution in [-0.2, 0) is 17.9 Å². The quantitative estimate of drug-likeness (QED) is 0.158. The Balaban J connectivity index is 1.18. The number of nitrogens with one attached hydrogen (secondary N) is 1. The molecule has 0 fully saturated rings. The summed E-state index contributed by atoms with van der Waals surface area (Å²) in [6.45, 7) is 2.19. The van der Waals surface area contributed by atoms with Crippen molar-refractivity contribution in [2.24, 2.45) is 0 Å². The standard InChI is InChI=1S/C34H26N6O7/c1-2-44-33-35-27-14-8-13-26(32(41)45-20-28-29(37-47-40(28)43)23-9-4-3-5-10-23)30(27)39(33)19-21-15-17-22(18-16-21)24-11-6-7-12-25(24)31-36-34(42)46-38-31/h3-18H,2,19-20H2,1H3,(H,36,38,42). The van der Waals surface area contributed by atoms with Gasteiger partial charge in [-0.15, -0.1) is 0 Å². The van der Waals surface area contributed by atoms with Gasteiger partial charge in [0.15, 0.2) is 12.4 Å². The van der Waals surface area contributed by atoms with Gasteiger partial charge in [0, 0.05) is 16.3 Å². The molecule has 13 nitrogen and oxygen atoms in total. The van der Waals surface area contributed by atoms with Crippen molar-refractivity contribution in [3.63, 3.8) is 0 Å². The summed E-state index contributed by atoms with van der Waals surface area (Å²) in [6.07, 6.45) is 0. The zero-order chi connectivity index (χ0) is 32.3. The molecule has 0 radical (unpaired) electrons. The van der Waals surface area contributed by atoms with E-state index in [9.17, 15) is 14.8 Å². The summed E-state index contributed by atoms with van der Waals surface area (Å²) in [5.74, 6) is -0.945. The van der Waals surface area contributed by atoms with Gasteiger partial charge < -0.3 is 14.7 Å². The predicted octanol–water partition coefficient (Wildman–Crippen LogP) is 5.14. The van der Waals surface area contributed by atoms with Crippen LogP contribution in [0.1, 0.15) is 28.5 Å². The number of imidazole rings is 1. The molecule has 0 amide bonds. The molecule has 0 aliphatic rings. The Hall–Kier alpha value is -6.50. The van der Waals surface area contributed by atoms with Gasteiger partial charge in [0.2, 0.25) is 5.69 Å². The number of carbonyl (C=O) groups excluding carboxylic acids is 1. The van der Waals surface area contributed by atoms with E-state index < -0.39 is 11.7 Å². The van der Waals surface area contributed by atoms with E-state index in [2.05, 4.69) is 20.3 Å². The molecule has 7 rings (SSSR count). The third-order valence-electron chi connectivity index (χ3n) is 7.54. The number of para-hydroxylation sites is 1. The minimum absolute atomic E-state index is 0.0665. The second-order valence-electron chi connectivity index (χ2n) is 10.4. The van der Waals surface area contributed by atoms with Gasteiger partial charge in [0.25, 0.3) is 11.7 Å². The highest BCUT2D eigenvalue weighted by Crippen LogP contribution is 2.31. The Labute approximate surface area is 266 Å². The normalized spacial score (nSPS) is 11.2. The lowest BCUT2D eigenvalue weighted by Gasteiger charge is -2.13. The van der Waals surface area contributed by atoms with Crippen LogP contribution in [0.25, 0.3) is 44.8 Å². The number of benzene rings is 4. The number of nitrogens with zero attached hydrogens (tertiary/aromatic N) is 5. The number of aromatic nitrogens is 6. The number of ether oxygens (including phenoxy) is 2. The van der Waals surface area contributed by atoms with E-state index in [4.69, 9.17) is 18.6 Å². The van der Waals surface area contributed by atoms with Gasteiger partial charge in [0.05, 0.1) is 29.7 Å². The van der Waals surface area contributed by atoms with E-state index in [0.717, 1.165) is 22.3 Å². The maximum Gasteiger partial charge on any atom is 0.439 e. The molecule has 0 aliphatic carbocycles. The molecule has 0 aliphatic heterocycles. The van der Waals surface area contributed by atoms with E-state index in [1.807, 2.05) is 66.1 Å². The van der Waals surface area contributed by atoms with Gasteiger partial charge in [-0.1, -0.05) is 90.1 Å². The van der Waals surface area contributed by atoms with Crippen LogP contribution in [0.2, 0.25) is 0 Å². The van der Waals surface area contributed by atoms with Crippen LogP contribution >= 0.6 is 0 Å². The molecule has 0 atom stereocenters. The smallest absolute Gasteiger partial charge is 0.439 e. The lowest BCUT2D eigenvalue weighted by atomic mass is 9.98. The molecule has 0 saturated heterocycles. The van der Waals surface area contributed by atoms with Crippen molar-refractivity contribution in [2.45, 2.75) is 20.1 Å². The molecule has 0 saturated carbocycles. The summed E-state index contributed by atoms with van der Waals surface area (Å²) in [4.78, 5) is 32.6. The van der Waals surface area contributed by atoms with Crippen LogP contribution in [0, 0.1) is 5.21 Å². The molecule has 3 heterocycles. The molecule has 7 aromatic rings. The summed E-state index contributed by atoms with van der Waals surface area (Å²) in [6, 6.07) is 29.9. The number of rotatable bonds is 10. The average Bonchev–Trinajstić information content (AvgIpc) is 3.81. The molecule has 0 unspecified atom stereocenters. The maximum absolute atomic E-state index is 13.5. The number of carbonyl (C=O) groups is 1. The summed E-state index contributed by atoms with van der Waals surface area (Å²) >= 11 is 0. The predicted molar refractivity (Wildman–Crippen MR) is 168 cm³/mol. The highest BCUT2D eigenvalue weighted by molar-refractivity contribution is 6.02. The summed E-state index contributed by atoms with van der Waals surface area (Å²) in [5.41, 5.74) is 5.72. The summed E-state index contributed by atoms with van der Waals surface area (Å²) in [7, 11) is 0. The largest absolute Gasteiger partial charge is 0.465 e. The van der Waals surface area contributed by atoms with E-state index in [0.29, 0.717) is 41.6 Å². The first-order chi connectivity index (χ1) is 23.0. The molecule has 234 valence electrons. The fourth-order valence-corrected chi connectivity index (χ4v) is 5.39. The molecule has 4 aromatic carbocycles. The molecule has 0 spiro atoms. The molecule has 13 heteroatoms. The Bertz CT molecular complexity index is 2250. The lowest BCUT2D eigenvalue weighted by Crippen LogP contribution is -2.29. The zero-order valence-electron chi connectivity index (χ0n) is 25.0. The Morgan fingerprint density at radius 2 is 1.68 bits per heavy atom. The van der Waals surface area contributed by atoms with Crippen LogP contribution < -0.4 is 15.4 Å². The maximum atomic E-state index is 13.5. The zero-order valence-corrected chi connectivity index (χ0v) is 25.0. The molecule has 0 bridgehead atoms. The highest BCUT2D eigenvalue weighted by Gasteiger charge is 2.25. The molecule has 1 N–H and O–H groups in total. The third-order valence-corrected chi connectivity index (χ3v) is 7.54. The van der Waals surface area contributed by atoms with Gasteiger partial charge in [-0.2, -0.15) is 4.98 Å². The Kier molecular flexibility index (Phi) is 7.76. The second-order valence-corrected chi connectivity index (χ2v) is 10.4. The van der Waals surface area contributed by atoms with Crippen LogP contribution in [-0.4, -0.2) is 37.4 Å². The minimum atomic E-state index is -0.655. The second kappa shape index (κ2) is 12.5. The van der Waals surface area contributed by atoms with Crippen molar-refractivity contribution in [3.8, 4) is 39.8 Å². The van der Waals surface area contributed by atoms with Crippen molar-refractivity contribution in [3.05, 3.63) is 130 Å². The van der Waals surface area contributed by atoms with Crippen molar-refractivity contribution >= 4 is 17.0 Å². The van der Waals surface area contributed by atoms with Crippen LogP contribution in [0.5, 0.6) is 6.01 Å². The van der Waals surface area contributed by atoms with Crippen LogP contribution in [0.4, 0.5) is 0 Å². The fourth-order valence-electron chi connectivity index (χ4n) is 5.39. The molecular weight excluding hydrogens is 604 g/mol. The molecular formula is C34H26N6O7. The van der Waals surface area contributed by atoms with Crippen molar-refractivity contribution in [1.29, 1.82) is 0 Å². The lowest BCUT2D eigenvalue weighted by molar-refractivity contribution is -0.808. The molecule has 47 heavy (non-hydrogen) atoms. The van der Waals surface area contributed by atoms with E-state index in [-0.39, 0.29) is 28.5 Å². The SMILES string of the molecule is CCOc1nc2cccc(C(=O)OCc3c(-c4ccccc4)no[n+]3[O-])c2n1Cc1ccc(-c2ccccc2-c2noc(=O)[nH]2)cc1. The highest BCUT2D eigenvalue weighted by atomic mass is 16.8. The first-order valence-electron chi connectivity index (χ1n) is 14.7. The number of H-pyrrole nitrogens is 1. The van der Waals surface area contributed by atoms with Gasteiger partial charge in [0.1, 0.15) is 0 Å². The Morgan fingerprint density at radius 1 is 0.915 bits per heavy atom. The van der Waals surface area contributed by atoms with Crippen LogP contribution in [0.3, 0.4) is 0 Å². The Morgan fingerprint density at radius 3 is 2.43 bits per heavy atom. The average molecular weight is 631 g/mol. The van der Waals surface area contributed by atoms with Gasteiger partial charge >= 0.3 is 11.7 Å². The minimum Gasteiger partial charge on any atom is -0.465 e. The van der Waals surface area contributed by atoms with E-state index >= 15 is 0 Å². The summed E-state index contributed by atoms with van der Waals surface area (Å²) in [5, 5.41) is 20.0. The molecule has 3 aromatic heterocycles. The number of esters is 1. The fraction of sp³-hybridized carbons (Fsp3) is 0.118. The number of hydrogen-bond acceptors (Lipinski definition) is 10. The van der Waals surface area contributed by atoms with Gasteiger partial charge in [-0.3, -0.25) is 18.7 Å². The third kappa shape index (κ3) is 5.73. The number of hydrogen-bond donors (Lipinski definition) is 1. The van der Waals surface area contributed by atoms with Gasteiger partial charge in [-0.25, -0.2) is 9.59 Å². The van der Waals surface area contributed by atoms with Crippen molar-refractivity contribution in [1.82, 2.24) is 24.8 Å². The van der Waals surface area contributed by atoms with E-state index in [1.165, 1.54) is 0 Å². The first kappa shape index (κ1) is 29.2. The van der Waals surface area contributed by atoms with Crippen LogP contribution in [0.15, 0.2) is 111 Å². The van der Waals surface area contributed by atoms with E-state index in [1.54, 1.807) is 42.5 Å². The summed E-state index contributed by atoms with van der Waals surface area (Å²) < 4.78 is 22.8. The number of fused-ring (bicyclic) bond motifs is 1. The number of aromatic amines is 1. The topological polar surface area (TPSA) is 165 Å². The van der Waals surface area contributed by atoms with Gasteiger partial charge in [-0.05, 0) is 40.6 Å². The van der Waals surface area contributed by atoms with Crippen molar-refractivity contribution < 1.29 is 28.3 Å². The monoisotopic (exact) mass is 630 g/mol. The first-order valence-corrected chi connectivity index (χ1v) is 14.7.